The second-order valence-electron chi connectivity index (χ2n) is 5.38. The van der Waals surface area contributed by atoms with Gasteiger partial charge in [-0.2, -0.15) is 5.10 Å². The van der Waals surface area contributed by atoms with Gasteiger partial charge in [0.25, 0.3) is 0 Å². The summed E-state index contributed by atoms with van der Waals surface area (Å²) < 4.78 is 1.90. The van der Waals surface area contributed by atoms with Gasteiger partial charge in [-0.1, -0.05) is 49.4 Å². The Morgan fingerprint density at radius 2 is 1.90 bits per heavy atom. The van der Waals surface area contributed by atoms with Gasteiger partial charge in [0.05, 0.1) is 5.69 Å². The highest BCUT2D eigenvalue weighted by molar-refractivity contribution is 5.96. The Kier molecular flexibility index (Phi) is 4.02. The van der Waals surface area contributed by atoms with E-state index >= 15 is 0 Å². The summed E-state index contributed by atoms with van der Waals surface area (Å²) in [5, 5.41) is 10.7. The minimum atomic E-state index is 0.861. The number of fused-ring (bicyclic) bond motifs is 1. The molecule has 0 fully saturated rings. The third-order valence-electron chi connectivity index (χ3n) is 3.69. The summed E-state index contributed by atoms with van der Waals surface area (Å²) in [6, 6.07) is 14.9. The van der Waals surface area contributed by atoms with Crippen molar-refractivity contribution >= 4 is 10.8 Å². The second-order valence-corrected chi connectivity index (χ2v) is 5.38. The Bertz CT molecular complexity index is 738. The van der Waals surface area contributed by atoms with E-state index in [-0.39, 0.29) is 0 Å². The molecule has 1 heterocycles. The third-order valence-corrected chi connectivity index (χ3v) is 3.69. The number of nitrogens with zero attached hydrogens (tertiary/aromatic N) is 2. The van der Waals surface area contributed by atoms with Crippen molar-refractivity contribution in [1.82, 2.24) is 15.1 Å². The van der Waals surface area contributed by atoms with Gasteiger partial charge in [0.15, 0.2) is 0 Å². The fourth-order valence-electron chi connectivity index (χ4n) is 2.73. The summed E-state index contributed by atoms with van der Waals surface area (Å²) in [6.07, 6.45) is 3.25. The molecule has 3 aromatic rings. The summed E-state index contributed by atoms with van der Waals surface area (Å²) >= 11 is 0. The van der Waals surface area contributed by atoms with E-state index in [4.69, 9.17) is 0 Å². The molecule has 0 saturated carbocycles. The minimum Gasteiger partial charge on any atom is -0.313 e. The van der Waals surface area contributed by atoms with Crippen LogP contribution >= 0.6 is 0 Å². The lowest BCUT2D eigenvalue weighted by Crippen LogP contribution is -2.13. The summed E-state index contributed by atoms with van der Waals surface area (Å²) in [4.78, 5) is 0. The lowest BCUT2D eigenvalue weighted by Gasteiger charge is -2.07. The Hall–Kier alpha value is -2.13. The molecule has 0 bridgehead atoms. The molecule has 3 rings (SSSR count). The van der Waals surface area contributed by atoms with Crippen molar-refractivity contribution in [2.75, 3.05) is 6.54 Å². The van der Waals surface area contributed by atoms with E-state index in [0.29, 0.717) is 0 Å². The largest absolute Gasteiger partial charge is 0.313 e. The van der Waals surface area contributed by atoms with E-state index < -0.39 is 0 Å². The van der Waals surface area contributed by atoms with Gasteiger partial charge in [-0.05, 0) is 23.7 Å². The van der Waals surface area contributed by atoms with E-state index in [1.165, 1.54) is 21.9 Å². The molecular weight excluding hydrogens is 258 g/mol. The molecule has 3 heteroatoms. The zero-order chi connectivity index (χ0) is 14.7. The standard InChI is InChI=1S/C18H21N3/c1-3-11-19-12-15-13-21(2)20-18(15)17-10-6-8-14-7-4-5-9-16(14)17/h4-10,13,19H,3,11-12H2,1-2H3. The molecule has 0 aliphatic heterocycles. The van der Waals surface area contributed by atoms with E-state index in [0.717, 1.165) is 25.2 Å². The van der Waals surface area contributed by atoms with Crippen LogP contribution in [0.4, 0.5) is 0 Å². The number of rotatable bonds is 5. The number of aryl methyl sites for hydroxylation is 1. The minimum absolute atomic E-state index is 0.861. The maximum absolute atomic E-state index is 4.69. The quantitative estimate of drug-likeness (QED) is 0.721. The molecular formula is C18H21N3. The average molecular weight is 279 g/mol. The number of aromatic nitrogens is 2. The van der Waals surface area contributed by atoms with E-state index in [1.807, 2.05) is 11.7 Å². The maximum Gasteiger partial charge on any atom is 0.0974 e. The van der Waals surface area contributed by atoms with Crippen LogP contribution in [0, 0.1) is 0 Å². The number of hydrogen-bond donors (Lipinski definition) is 1. The Morgan fingerprint density at radius 3 is 2.76 bits per heavy atom. The van der Waals surface area contributed by atoms with E-state index in [1.54, 1.807) is 0 Å². The zero-order valence-electron chi connectivity index (χ0n) is 12.6. The molecule has 0 aliphatic rings. The summed E-state index contributed by atoms with van der Waals surface area (Å²) in [5.41, 5.74) is 3.54. The molecule has 108 valence electrons. The van der Waals surface area contributed by atoms with Crippen molar-refractivity contribution in [3.63, 3.8) is 0 Å². The van der Waals surface area contributed by atoms with Crippen molar-refractivity contribution < 1.29 is 0 Å². The van der Waals surface area contributed by atoms with Gasteiger partial charge in [0.2, 0.25) is 0 Å². The molecule has 0 unspecified atom stereocenters. The molecule has 2 aromatic carbocycles. The highest BCUT2D eigenvalue weighted by Gasteiger charge is 2.12. The first kappa shape index (κ1) is 13.8. The van der Waals surface area contributed by atoms with Crippen molar-refractivity contribution in [2.45, 2.75) is 19.9 Å². The number of nitrogens with one attached hydrogen (secondary N) is 1. The van der Waals surface area contributed by atoms with Crippen molar-refractivity contribution in [3.05, 3.63) is 54.2 Å². The van der Waals surface area contributed by atoms with Gasteiger partial charge < -0.3 is 5.32 Å². The summed E-state index contributed by atoms with van der Waals surface area (Å²) in [7, 11) is 1.98. The Morgan fingerprint density at radius 1 is 1.10 bits per heavy atom. The van der Waals surface area contributed by atoms with Crippen LogP contribution in [-0.4, -0.2) is 16.3 Å². The highest BCUT2D eigenvalue weighted by atomic mass is 15.3. The molecule has 21 heavy (non-hydrogen) atoms. The molecule has 1 N–H and O–H groups in total. The maximum atomic E-state index is 4.69. The molecule has 0 radical (unpaired) electrons. The van der Waals surface area contributed by atoms with Crippen molar-refractivity contribution in [2.24, 2.45) is 7.05 Å². The predicted molar refractivity (Wildman–Crippen MR) is 88.1 cm³/mol. The molecule has 0 saturated heterocycles. The van der Waals surface area contributed by atoms with Crippen molar-refractivity contribution in [1.29, 1.82) is 0 Å². The van der Waals surface area contributed by atoms with Crippen LogP contribution in [0.25, 0.3) is 22.0 Å². The van der Waals surface area contributed by atoms with Crippen LogP contribution in [0.2, 0.25) is 0 Å². The monoisotopic (exact) mass is 279 g/mol. The van der Waals surface area contributed by atoms with Crippen LogP contribution in [-0.2, 0) is 13.6 Å². The first-order valence-corrected chi connectivity index (χ1v) is 7.51. The number of benzene rings is 2. The van der Waals surface area contributed by atoms with Gasteiger partial charge in [0, 0.05) is 30.9 Å². The summed E-state index contributed by atoms with van der Waals surface area (Å²) in [5.74, 6) is 0. The van der Waals surface area contributed by atoms with Crippen LogP contribution in [0.15, 0.2) is 48.7 Å². The SMILES string of the molecule is CCCNCc1cn(C)nc1-c1cccc2ccccc12. The molecule has 1 aromatic heterocycles. The first-order valence-electron chi connectivity index (χ1n) is 7.51. The Labute approximate surface area is 125 Å². The third kappa shape index (κ3) is 2.83. The van der Waals surface area contributed by atoms with Crippen molar-refractivity contribution in [3.8, 4) is 11.3 Å². The van der Waals surface area contributed by atoms with Gasteiger partial charge in [-0.3, -0.25) is 4.68 Å². The lowest BCUT2D eigenvalue weighted by molar-refractivity contribution is 0.675. The van der Waals surface area contributed by atoms with Gasteiger partial charge in [-0.15, -0.1) is 0 Å². The van der Waals surface area contributed by atoms with Crippen LogP contribution < -0.4 is 5.32 Å². The fourth-order valence-corrected chi connectivity index (χ4v) is 2.73. The number of hydrogen-bond acceptors (Lipinski definition) is 2. The van der Waals surface area contributed by atoms with Gasteiger partial charge >= 0.3 is 0 Å². The topological polar surface area (TPSA) is 29.9 Å². The van der Waals surface area contributed by atoms with E-state index in [2.05, 4.69) is 66.0 Å². The van der Waals surface area contributed by atoms with Crippen LogP contribution in [0.1, 0.15) is 18.9 Å². The molecule has 3 nitrogen and oxygen atoms in total. The smallest absolute Gasteiger partial charge is 0.0974 e. The first-order chi connectivity index (χ1) is 10.3. The zero-order valence-corrected chi connectivity index (χ0v) is 12.6. The average Bonchev–Trinajstić information content (AvgIpc) is 2.88. The van der Waals surface area contributed by atoms with E-state index in [9.17, 15) is 0 Å². The Balaban J connectivity index is 2.06. The predicted octanol–water partition coefficient (Wildman–Crippen LogP) is 3.74. The summed E-state index contributed by atoms with van der Waals surface area (Å²) in [6.45, 7) is 4.08. The fraction of sp³-hybridized carbons (Fsp3) is 0.278. The van der Waals surface area contributed by atoms with Gasteiger partial charge in [0.1, 0.15) is 0 Å². The molecule has 0 amide bonds. The van der Waals surface area contributed by atoms with Crippen LogP contribution in [0.5, 0.6) is 0 Å². The molecule has 0 atom stereocenters. The lowest BCUT2D eigenvalue weighted by atomic mass is 10.00. The highest BCUT2D eigenvalue weighted by Crippen LogP contribution is 2.29. The second kappa shape index (κ2) is 6.10. The molecule has 0 spiro atoms. The van der Waals surface area contributed by atoms with Gasteiger partial charge in [-0.25, -0.2) is 0 Å². The normalized spacial score (nSPS) is 11.1. The molecule has 0 aliphatic carbocycles. The van der Waals surface area contributed by atoms with Crippen LogP contribution in [0.3, 0.4) is 0 Å².